The number of halogens is 3. The number of pyridine rings is 1. The van der Waals surface area contributed by atoms with Crippen LogP contribution in [0.1, 0.15) is 17.8 Å². The Bertz CT molecular complexity index is 881. The molecule has 1 amide bonds. The first-order valence-electron chi connectivity index (χ1n) is 9.03. The topological polar surface area (TPSA) is 92.5 Å². The van der Waals surface area contributed by atoms with Gasteiger partial charge in [-0.1, -0.05) is 0 Å². The number of carbonyl (C=O) groups excluding carboxylic acids is 1. The average molecular weight is 399 g/mol. The number of amides is 1. The number of aliphatic hydroxyl groups excluding tert-OH is 1. The summed E-state index contributed by atoms with van der Waals surface area (Å²) in [6, 6.07) is 1.23. The largest absolute Gasteiger partial charge is 0.417 e. The van der Waals surface area contributed by atoms with Crippen LogP contribution in [0.25, 0.3) is 11.2 Å². The van der Waals surface area contributed by atoms with E-state index >= 15 is 0 Å². The van der Waals surface area contributed by atoms with Gasteiger partial charge in [0.05, 0.1) is 25.3 Å². The molecule has 2 aliphatic rings. The summed E-state index contributed by atoms with van der Waals surface area (Å²) in [7, 11) is 0. The molecule has 2 aliphatic heterocycles. The Morgan fingerprint density at radius 3 is 2.89 bits per heavy atom. The van der Waals surface area contributed by atoms with Crippen molar-refractivity contribution in [2.75, 3.05) is 26.3 Å². The summed E-state index contributed by atoms with van der Waals surface area (Å²) >= 11 is 0. The maximum atomic E-state index is 12.9. The van der Waals surface area contributed by atoms with Gasteiger partial charge in [-0.15, -0.1) is 0 Å². The van der Waals surface area contributed by atoms with E-state index in [-0.39, 0.29) is 24.7 Å². The molecule has 4 heterocycles. The number of aromatic nitrogens is 3. The normalized spacial score (nSPS) is 20.7. The molecule has 0 saturated carbocycles. The number of alkyl halides is 3. The minimum absolute atomic E-state index is 0.0950. The van der Waals surface area contributed by atoms with Gasteiger partial charge in [-0.2, -0.15) is 13.2 Å². The monoisotopic (exact) mass is 399 g/mol. The molecule has 0 bridgehead atoms. The van der Waals surface area contributed by atoms with Crippen LogP contribution in [-0.2, 0) is 28.8 Å². The summed E-state index contributed by atoms with van der Waals surface area (Å²) in [4.78, 5) is 22.0. The number of hydrogen-bond donors (Lipinski definition) is 2. The molecule has 2 aromatic heterocycles. The molecule has 2 atom stereocenters. The van der Waals surface area contributed by atoms with Gasteiger partial charge in [0, 0.05) is 25.3 Å². The summed E-state index contributed by atoms with van der Waals surface area (Å²) in [5.74, 6) is -0.0444. The van der Waals surface area contributed by atoms with Gasteiger partial charge in [0.25, 0.3) is 5.91 Å². The quantitative estimate of drug-likeness (QED) is 0.762. The van der Waals surface area contributed by atoms with E-state index in [4.69, 9.17) is 4.74 Å². The molecule has 0 radical (unpaired) electrons. The molecule has 0 aliphatic carbocycles. The van der Waals surface area contributed by atoms with Crippen LogP contribution in [-0.4, -0.2) is 68.9 Å². The van der Waals surface area contributed by atoms with Crippen LogP contribution in [0.15, 0.2) is 12.3 Å². The van der Waals surface area contributed by atoms with Crippen LogP contribution in [0.2, 0.25) is 0 Å². The second-order valence-electron chi connectivity index (χ2n) is 7.00. The first-order chi connectivity index (χ1) is 13.3. The van der Waals surface area contributed by atoms with Crippen molar-refractivity contribution in [3.63, 3.8) is 0 Å². The van der Waals surface area contributed by atoms with Gasteiger partial charge >= 0.3 is 6.18 Å². The molecular weight excluding hydrogens is 379 g/mol. The summed E-state index contributed by atoms with van der Waals surface area (Å²) < 4.78 is 45.7. The van der Waals surface area contributed by atoms with Crippen molar-refractivity contribution >= 4 is 17.1 Å². The first kappa shape index (κ1) is 19.1. The van der Waals surface area contributed by atoms with Crippen LogP contribution in [0.3, 0.4) is 0 Å². The number of nitrogens with zero attached hydrogens (tertiary/aromatic N) is 4. The first-order valence-corrected chi connectivity index (χ1v) is 9.03. The molecule has 2 unspecified atom stereocenters. The van der Waals surface area contributed by atoms with E-state index in [1.807, 2.05) is 0 Å². The second-order valence-corrected chi connectivity index (χ2v) is 7.00. The average Bonchev–Trinajstić information content (AvgIpc) is 2.99. The lowest BCUT2D eigenvalue weighted by Crippen LogP contribution is -2.48. The third kappa shape index (κ3) is 3.69. The lowest BCUT2D eigenvalue weighted by atomic mass is 10.1. The van der Waals surface area contributed by atoms with Crippen LogP contribution in [0.5, 0.6) is 0 Å². The zero-order chi connectivity index (χ0) is 19.9. The molecule has 1 saturated heterocycles. The van der Waals surface area contributed by atoms with E-state index in [1.165, 1.54) is 4.90 Å². The van der Waals surface area contributed by atoms with Crippen LogP contribution in [0.4, 0.5) is 13.2 Å². The van der Waals surface area contributed by atoms with Crippen molar-refractivity contribution in [1.29, 1.82) is 0 Å². The number of rotatable bonds is 5. The summed E-state index contributed by atoms with van der Waals surface area (Å²) in [5, 5.41) is 13.2. The highest BCUT2D eigenvalue weighted by atomic mass is 19.4. The van der Waals surface area contributed by atoms with E-state index in [9.17, 15) is 23.1 Å². The molecule has 2 aromatic rings. The SMILES string of the molecule is O=C(C(O)COCC1CCN1)N1CCn2c(nc3cc(C(F)(F)F)cnc32)C1. The highest BCUT2D eigenvalue weighted by molar-refractivity contribution is 5.81. The predicted molar refractivity (Wildman–Crippen MR) is 91.2 cm³/mol. The van der Waals surface area contributed by atoms with E-state index in [1.54, 1.807) is 4.57 Å². The summed E-state index contributed by atoms with van der Waals surface area (Å²) in [6.07, 6.45) is -3.98. The fraction of sp³-hybridized carbons (Fsp3) is 0.588. The van der Waals surface area contributed by atoms with Crippen molar-refractivity contribution in [2.45, 2.75) is 37.8 Å². The fourth-order valence-electron chi connectivity index (χ4n) is 3.32. The van der Waals surface area contributed by atoms with Crippen molar-refractivity contribution in [1.82, 2.24) is 24.8 Å². The number of nitrogens with one attached hydrogen (secondary N) is 1. The number of aliphatic hydroxyl groups is 1. The smallest absolute Gasteiger partial charge is 0.381 e. The lowest BCUT2D eigenvalue weighted by molar-refractivity contribution is -0.145. The molecule has 28 heavy (non-hydrogen) atoms. The molecule has 0 aromatic carbocycles. The van der Waals surface area contributed by atoms with Crippen molar-refractivity contribution in [2.24, 2.45) is 0 Å². The maximum Gasteiger partial charge on any atom is 0.417 e. The van der Waals surface area contributed by atoms with E-state index < -0.39 is 23.8 Å². The van der Waals surface area contributed by atoms with Crippen molar-refractivity contribution < 1.29 is 27.8 Å². The Morgan fingerprint density at radius 1 is 1.43 bits per heavy atom. The third-order valence-corrected chi connectivity index (χ3v) is 5.03. The zero-order valence-electron chi connectivity index (χ0n) is 14.9. The predicted octanol–water partition coefficient (Wildman–Crippen LogP) is 0.532. The highest BCUT2D eigenvalue weighted by Gasteiger charge is 2.33. The molecule has 4 rings (SSSR count). The number of hydrogen-bond acceptors (Lipinski definition) is 6. The number of ether oxygens (including phenoxy) is 1. The lowest BCUT2D eigenvalue weighted by Gasteiger charge is -2.30. The van der Waals surface area contributed by atoms with E-state index in [0.717, 1.165) is 25.2 Å². The Balaban J connectivity index is 1.42. The number of carbonyl (C=O) groups is 1. The summed E-state index contributed by atoms with van der Waals surface area (Å²) in [5.41, 5.74) is -0.375. The van der Waals surface area contributed by atoms with Crippen molar-refractivity contribution in [3.05, 3.63) is 23.7 Å². The second kappa shape index (κ2) is 7.30. The fourth-order valence-corrected chi connectivity index (χ4v) is 3.32. The number of imidazole rings is 1. The van der Waals surface area contributed by atoms with Crippen molar-refractivity contribution in [3.8, 4) is 0 Å². The molecule has 1 fully saturated rings. The van der Waals surface area contributed by atoms with Gasteiger partial charge < -0.3 is 24.6 Å². The molecular formula is C17H20F3N5O3. The van der Waals surface area contributed by atoms with Gasteiger partial charge in [-0.3, -0.25) is 4.79 Å². The molecule has 2 N–H and O–H groups in total. The maximum absolute atomic E-state index is 12.9. The minimum Gasteiger partial charge on any atom is -0.381 e. The van der Waals surface area contributed by atoms with Gasteiger partial charge in [-0.05, 0) is 19.0 Å². The standard InChI is InChI=1S/C17H20F3N5O3/c18-17(19,20)10-5-12-15(22-6-10)25-4-3-24(7-14(25)23-12)16(27)13(26)9-28-8-11-1-2-21-11/h5-6,11,13,21,26H,1-4,7-9H2. The molecule has 11 heteroatoms. The van der Waals surface area contributed by atoms with E-state index in [2.05, 4.69) is 15.3 Å². The molecule has 152 valence electrons. The minimum atomic E-state index is -4.49. The van der Waals surface area contributed by atoms with Gasteiger partial charge in [0.1, 0.15) is 11.3 Å². The molecule has 0 spiro atoms. The summed E-state index contributed by atoms with van der Waals surface area (Å²) in [6.45, 7) is 2.03. The Morgan fingerprint density at radius 2 is 2.21 bits per heavy atom. The van der Waals surface area contributed by atoms with Gasteiger partial charge in [-0.25, -0.2) is 9.97 Å². The van der Waals surface area contributed by atoms with Crippen LogP contribution < -0.4 is 5.32 Å². The Kier molecular flexibility index (Phi) is 4.98. The third-order valence-electron chi connectivity index (χ3n) is 5.03. The number of fused-ring (bicyclic) bond motifs is 3. The Labute approximate surface area is 158 Å². The van der Waals surface area contributed by atoms with Gasteiger partial charge in [0.2, 0.25) is 0 Å². The Hall–Kier alpha value is -2.24. The van der Waals surface area contributed by atoms with Crippen LogP contribution >= 0.6 is 0 Å². The van der Waals surface area contributed by atoms with E-state index in [0.29, 0.717) is 31.2 Å². The highest BCUT2D eigenvalue weighted by Crippen LogP contribution is 2.31. The zero-order valence-corrected chi connectivity index (χ0v) is 14.9. The van der Waals surface area contributed by atoms with Crippen LogP contribution in [0, 0.1) is 0 Å². The van der Waals surface area contributed by atoms with Gasteiger partial charge in [0.15, 0.2) is 11.8 Å². The molecule has 8 nitrogen and oxygen atoms in total.